The van der Waals surface area contributed by atoms with Crippen molar-refractivity contribution in [3.8, 4) is 0 Å². The predicted molar refractivity (Wildman–Crippen MR) is 65.5 cm³/mol. The number of benzene rings is 1. The topological polar surface area (TPSA) is 20.3 Å². The summed E-state index contributed by atoms with van der Waals surface area (Å²) < 4.78 is 51.4. The SMILES string of the molecule is O=C(Cc1ccccc1F)N1CCCC(C(F)(F)F)C1. The van der Waals surface area contributed by atoms with Gasteiger partial charge in [-0.15, -0.1) is 0 Å². The summed E-state index contributed by atoms with van der Waals surface area (Å²) in [7, 11) is 0. The summed E-state index contributed by atoms with van der Waals surface area (Å²) in [4.78, 5) is 13.2. The maximum Gasteiger partial charge on any atom is 0.393 e. The van der Waals surface area contributed by atoms with Crippen LogP contribution in [-0.4, -0.2) is 30.1 Å². The molecule has 0 aromatic heterocycles. The molecular weight excluding hydrogens is 274 g/mol. The normalized spacial score (nSPS) is 20.0. The maximum atomic E-state index is 13.4. The highest BCUT2D eigenvalue weighted by atomic mass is 19.4. The van der Waals surface area contributed by atoms with E-state index in [1.165, 1.54) is 23.1 Å². The largest absolute Gasteiger partial charge is 0.393 e. The Balaban J connectivity index is 2.01. The first-order valence-electron chi connectivity index (χ1n) is 6.46. The third-order valence-electron chi connectivity index (χ3n) is 3.54. The molecule has 1 aliphatic rings. The highest BCUT2D eigenvalue weighted by molar-refractivity contribution is 5.78. The molecule has 1 aromatic carbocycles. The molecular formula is C14H15F4NO. The molecule has 0 spiro atoms. The minimum absolute atomic E-state index is 0.0486. The number of alkyl halides is 3. The number of hydrogen-bond acceptors (Lipinski definition) is 1. The summed E-state index contributed by atoms with van der Waals surface area (Å²) in [6, 6.07) is 5.81. The number of nitrogens with zero attached hydrogens (tertiary/aromatic N) is 1. The van der Waals surface area contributed by atoms with Crippen LogP contribution >= 0.6 is 0 Å². The lowest BCUT2D eigenvalue weighted by Gasteiger charge is -2.33. The number of halogens is 4. The summed E-state index contributed by atoms with van der Waals surface area (Å²) in [5, 5.41) is 0. The Bertz CT molecular complexity index is 486. The number of likely N-dealkylation sites (tertiary alicyclic amines) is 1. The summed E-state index contributed by atoms with van der Waals surface area (Å²) in [5.41, 5.74) is 0.214. The van der Waals surface area contributed by atoms with Crippen molar-refractivity contribution in [3.63, 3.8) is 0 Å². The fourth-order valence-electron chi connectivity index (χ4n) is 2.39. The molecule has 1 fully saturated rings. The van der Waals surface area contributed by atoms with E-state index in [1.807, 2.05) is 0 Å². The molecule has 1 heterocycles. The lowest BCUT2D eigenvalue weighted by atomic mass is 9.97. The minimum Gasteiger partial charge on any atom is -0.342 e. The molecule has 20 heavy (non-hydrogen) atoms. The van der Waals surface area contributed by atoms with Gasteiger partial charge < -0.3 is 4.90 Å². The number of carbonyl (C=O) groups excluding carboxylic acids is 1. The number of amides is 1. The minimum atomic E-state index is -4.28. The Labute approximate surface area is 114 Å². The van der Waals surface area contributed by atoms with Gasteiger partial charge in [0.25, 0.3) is 0 Å². The van der Waals surface area contributed by atoms with Gasteiger partial charge in [-0.3, -0.25) is 4.79 Å². The molecule has 2 nitrogen and oxygen atoms in total. The van der Waals surface area contributed by atoms with E-state index >= 15 is 0 Å². The second kappa shape index (κ2) is 5.81. The Morgan fingerprint density at radius 2 is 2.00 bits per heavy atom. The van der Waals surface area contributed by atoms with Crippen LogP contribution in [-0.2, 0) is 11.2 Å². The van der Waals surface area contributed by atoms with Gasteiger partial charge in [-0.2, -0.15) is 13.2 Å². The summed E-state index contributed by atoms with van der Waals surface area (Å²) in [5.74, 6) is -2.44. The van der Waals surface area contributed by atoms with Gasteiger partial charge in [0.15, 0.2) is 0 Å². The summed E-state index contributed by atoms with van der Waals surface area (Å²) >= 11 is 0. The fraction of sp³-hybridized carbons (Fsp3) is 0.500. The van der Waals surface area contributed by atoms with Gasteiger partial charge in [-0.1, -0.05) is 18.2 Å². The first-order chi connectivity index (χ1) is 9.38. The zero-order chi connectivity index (χ0) is 14.8. The molecule has 1 amide bonds. The van der Waals surface area contributed by atoms with Crippen molar-refractivity contribution in [1.29, 1.82) is 0 Å². The molecule has 0 N–H and O–H groups in total. The van der Waals surface area contributed by atoms with Gasteiger partial charge in [-0.25, -0.2) is 4.39 Å². The van der Waals surface area contributed by atoms with Crippen LogP contribution < -0.4 is 0 Å². The van der Waals surface area contributed by atoms with Crippen molar-refractivity contribution in [2.24, 2.45) is 5.92 Å². The van der Waals surface area contributed by atoms with Gasteiger partial charge >= 0.3 is 6.18 Å². The number of rotatable bonds is 2. The molecule has 110 valence electrons. The van der Waals surface area contributed by atoms with Crippen LogP contribution in [0.5, 0.6) is 0 Å². The van der Waals surface area contributed by atoms with E-state index in [-0.39, 0.29) is 24.9 Å². The van der Waals surface area contributed by atoms with E-state index in [9.17, 15) is 22.4 Å². The van der Waals surface area contributed by atoms with Crippen LogP contribution in [0.3, 0.4) is 0 Å². The maximum absolute atomic E-state index is 13.4. The number of hydrogen-bond donors (Lipinski definition) is 0. The fourth-order valence-corrected chi connectivity index (χ4v) is 2.39. The molecule has 0 bridgehead atoms. The van der Waals surface area contributed by atoms with E-state index in [4.69, 9.17) is 0 Å². The second-order valence-corrected chi connectivity index (χ2v) is 4.99. The zero-order valence-corrected chi connectivity index (χ0v) is 10.8. The van der Waals surface area contributed by atoms with Crippen LogP contribution in [0.15, 0.2) is 24.3 Å². The lowest BCUT2D eigenvalue weighted by molar-refractivity contribution is -0.187. The van der Waals surface area contributed by atoms with Crippen molar-refractivity contribution in [2.45, 2.75) is 25.4 Å². The number of carbonyl (C=O) groups is 1. The molecule has 6 heteroatoms. The molecule has 1 aromatic rings. The molecule has 2 rings (SSSR count). The first kappa shape index (κ1) is 14.8. The third-order valence-corrected chi connectivity index (χ3v) is 3.54. The average Bonchev–Trinajstić information content (AvgIpc) is 2.40. The smallest absolute Gasteiger partial charge is 0.342 e. The summed E-state index contributed by atoms with van der Waals surface area (Å²) in [6.45, 7) is -0.0172. The lowest BCUT2D eigenvalue weighted by Crippen LogP contribution is -2.45. The van der Waals surface area contributed by atoms with Crippen LogP contribution in [0, 0.1) is 11.7 Å². The average molecular weight is 289 g/mol. The van der Waals surface area contributed by atoms with Gasteiger partial charge in [0.2, 0.25) is 5.91 Å². The summed E-state index contributed by atoms with van der Waals surface area (Å²) in [6.07, 6.45) is -4.10. The van der Waals surface area contributed by atoms with Crippen LogP contribution in [0.1, 0.15) is 18.4 Å². The molecule has 1 aliphatic heterocycles. The Morgan fingerprint density at radius 3 is 2.65 bits per heavy atom. The quantitative estimate of drug-likeness (QED) is 0.766. The highest BCUT2D eigenvalue weighted by Gasteiger charge is 2.42. The van der Waals surface area contributed by atoms with Crippen molar-refractivity contribution < 1.29 is 22.4 Å². The highest BCUT2D eigenvalue weighted by Crippen LogP contribution is 2.33. The molecule has 1 unspecified atom stereocenters. The number of piperidine rings is 1. The predicted octanol–water partition coefficient (Wildman–Crippen LogP) is 3.17. The molecule has 1 saturated heterocycles. The monoisotopic (exact) mass is 289 g/mol. The van der Waals surface area contributed by atoms with E-state index in [0.717, 1.165) is 0 Å². The van der Waals surface area contributed by atoms with Crippen LogP contribution in [0.25, 0.3) is 0 Å². The Kier molecular flexibility index (Phi) is 4.30. The van der Waals surface area contributed by atoms with E-state index in [2.05, 4.69) is 0 Å². The van der Waals surface area contributed by atoms with Crippen molar-refractivity contribution in [3.05, 3.63) is 35.6 Å². The van der Waals surface area contributed by atoms with Gasteiger partial charge in [0, 0.05) is 13.1 Å². The van der Waals surface area contributed by atoms with E-state index in [0.29, 0.717) is 13.0 Å². The third kappa shape index (κ3) is 3.49. The van der Waals surface area contributed by atoms with Crippen molar-refractivity contribution >= 4 is 5.91 Å². The van der Waals surface area contributed by atoms with Crippen molar-refractivity contribution in [2.75, 3.05) is 13.1 Å². The van der Waals surface area contributed by atoms with Crippen LogP contribution in [0.2, 0.25) is 0 Å². The first-order valence-corrected chi connectivity index (χ1v) is 6.46. The Morgan fingerprint density at radius 1 is 1.30 bits per heavy atom. The molecule has 0 radical (unpaired) electrons. The molecule has 0 aliphatic carbocycles. The molecule has 1 atom stereocenters. The van der Waals surface area contributed by atoms with Gasteiger partial charge in [0.1, 0.15) is 5.82 Å². The van der Waals surface area contributed by atoms with E-state index < -0.39 is 23.8 Å². The Hall–Kier alpha value is -1.59. The zero-order valence-electron chi connectivity index (χ0n) is 10.8. The van der Waals surface area contributed by atoms with E-state index in [1.54, 1.807) is 6.07 Å². The molecule has 0 saturated carbocycles. The van der Waals surface area contributed by atoms with Gasteiger partial charge in [-0.05, 0) is 24.5 Å². The van der Waals surface area contributed by atoms with Crippen molar-refractivity contribution in [1.82, 2.24) is 4.90 Å². The second-order valence-electron chi connectivity index (χ2n) is 4.99. The standard InChI is InChI=1S/C14H15F4NO/c15-12-6-2-1-4-10(12)8-13(20)19-7-3-5-11(9-19)14(16,17)18/h1-2,4,6,11H,3,5,7-9H2. The van der Waals surface area contributed by atoms with Crippen LogP contribution in [0.4, 0.5) is 17.6 Å². The van der Waals surface area contributed by atoms with Gasteiger partial charge in [0.05, 0.1) is 12.3 Å².